The van der Waals surface area contributed by atoms with Gasteiger partial charge in [-0.15, -0.1) is 0 Å². The molecule has 25 heavy (non-hydrogen) atoms. The van der Waals surface area contributed by atoms with Crippen molar-refractivity contribution in [3.63, 3.8) is 0 Å². The summed E-state index contributed by atoms with van der Waals surface area (Å²) in [6.45, 7) is 7.71. The Bertz CT molecular complexity index is 575. The molecule has 4 heteroatoms. The first-order valence-electron chi connectivity index (χ1n) is 9.56. The maximum Gasteiger partial charge on any atom is 0.223 e. The Labute approximate surface area is 151 Å². The number of hydrogen-bond donors (Lipinski definition) is 2. The summed E-state index contributed by atoms with van der Waals surface area (Å²) < 4.78 is 0. The van der Waals surface area contributed by atoms with Gasteiger partial charge in [-0.25, -0.2) is 0 Å². The van der Waals surface area contributed by atoms with Crippen molar-refractivity contribution in [1.29, 1.82) is 0 Å². The van der Waals surface area contributed by atoms with Gasteiger partial charge in [-0.05, 0) is 50.5 Å². The van der Waals surface area contributed by atoms with Crippen LogP contribution in [-0.2, 0) is 16.1 Å². The number of aryl methyl sites for hydroxylation is 1. The number of rotatable bonds is 7. The second-order valence-electron chi connectivity index (χ2n) is 7.73. The maximum absolute atomic E-state index is 12.4. The smallest absolute Gasteiger partial charge is 0.223 e. The third-order valence-electron chi connectivity index (χ3n) is 5.04. The zero-order valence-corrected chi connectivity index (χ0v) is 15.8. The molecule has 138 valence electrons. The second-order valence-corrected chi connectivity index (χ2v) is 7.73. The van der Waals surface area contributed by atoms with Crippen molar-refractivity contribution in [2.75, 3.05) is 6.54 Å². The highest BCUT2D eigenvalue weighted by Crippen LogP contribution is 2.29. The van der Waals surface area contributed by atoms with E-state index in [0.717, 1.165) is 44.2 Å². The van der Waals surface area contributed by atoms with Gasteiger partial charge in [0.1, 0.15) is 0 Å². The van der Waals surface area contributed by atoms with Crippen LogP contribution in [0.15, 0.2) is 24.3 Å². The molecule has 0 aliphatic heterocycles. The number of hydrogen-bond acceptors (Lipinski definition) is 2. The Kier molecular flexibility index (Phi) is 7.48. The SMILES string of the molecule is Cc1cccc(CNC(=O)C2CCC(C(=O)NCCC(C)C)CC2)c1. The van der Waals surface area contributed by atoms with Gasteiger partial charge in [0.15, 0.2) is 0 Å². The van der Waals surface area contributed by atoms with E-state index in [1.54, 1.807) is 0 Å². The molecule has 1 aromatic carbocycles. The normalized spacial score (nSPS) is 20.3. The lowest BCUT2D eigenvalue weighted by atomic mass is 9.81. The molecule has 4 nitrogen and oxygen atoms in total. The number of carbonyl (C=O) groups is 2. The van der Waals surface area contributed by atoms with Crippen molar-refractivity contribution in [1.82, 2.24) is 10.6 Å². The van der Waals surface area contributed by atoms with Crippen LogP contribution in [-0.4, -0.2) is 18.4 Å². The van der Waals surface area contributed by atoms with Gasteiger partial charge in [0, 0.05) is 24.9 Å². The largest absolute Gasteiger partial charge is 0.356 e. The van der Waals surface area contributed by atoms with Crippen molar-refractivity contribution < 1.29 is 9.59 Å². The van der Waals surface area contributed by atoms with Gasteiger partial charge >= 0.3 is 0 Å². The standard InChI is InChI=1S/C21H32N2O2/c1-15(2)11-12-22-20(24)18-7-9-19(10-8-18)21(25)23-14-17-6-4-5-16(3)13-17/h4-6,13,15,18-19H,7-12,14H2,1-3H3,(H,22,24)(H,23,25). The van der Waals surface area contributed by atoms with Crippen molar-refractivity contribution in [3.8, 4) is 0 Å². The molecule has 2 amide bonds. The first kappa shape index (κ1) is 19.5. The first-order chi connectivity index (χ1) is 12.0. The second kappa shape index (κ2) is 9.59. The lowest BCUT2D eigenvalue weighted by Gasteiger charge is -2.27. The fourth-order valence-corrected chi connectivity index (χ4v) is 3.40. The molecule has 0 spiro atoms. The Balaban J connectivity index is 1.70. The molecule has 1 aliphatic rings. The monoisotopic (exact) mass is 344 g/mol. The third-order valence-corrected chi connectivity index (χ3v) is 5.04. The first-order valence-corrected chi connectivity index (χ1v) is 9.56. The highest BCUT2D eigenvalue weighted by atomic mass is 16.2. The molecule has 2 rings (SSSR count). The molecule has 0 heterocycles. The summed E-state index contributed by atoms with van der Waals surface area (Å²) in [6, 6.07) is 8.20. The molecule has 0 atom stereocenters. The molecule has 0 bridgehead atoms. The van der Waals surface area contributed by atoms with E-state index in [1.165, 1.54) is 5.56 Å². The summed E-state index contributed by atoms with van der Waals surface area (Å²) in [4.78, 5) is 24.6. The van der Waals surface area contributed by atoms with Crippen LogP contribution >= 0.6 is 0 Å². The predicted molar refractivity (Wildman–Crippen MR) is 101 cm³/mol. The van der Waals surface area contributed by atoms with Crippen LogP contribution in [0.5, 0.6) is 0 Å². The Morgan fingerprint density at radius 2 is 1.64 bits per heavy atom. The van der Waals surface area contributed by atoms with Crippen LogP contribution in [0.4, 0.5) is 0 Å². The summed E-state index contributed by atoms with van der Waals surface area (Å²) in [6.07, 6.45) is 4.26. The molecule has 0 saturated heterocycles. The lowest BCUT2D eigenvalue weighted by molar-refractivity contribution is -0.130. The fourth-order valence-electron chi connectivity index (χ4n) is 3.40. The molecular formula is C21H32N2O2. The molecule has 1 saturated carbocycles. The van der Waals surface area contributed by atoms with Crippen molar-refractivity contribution in [2.45, 2.75) is 59.4 Å². The molecule has 2 N–H and O–H groups in total. The molecule has 1 fully saturated rings. The van der Waals surface area contributed by atoms with Crippen molar-refractivity contribution in [3.05, 3.63) is 35.4 Å². The summed E-state index contributed by atoms with van der Waals surface area (Å²) >= 11 is 0. The van der Waals surface area contributed by atoms with Crippen LogP contribution in [0.3, 0.4) is 0 Å². The summed E-state index contributed by atoms with van der Waals surface area (Å²) in [5.41, 5.74) is 2.34. The Morgan fingerprint density at radius 3 is 2.20 bits per heavy atom. The van der Waals surface area contributed by atoms with Crippen molar-refractivity contribution in [2.24, 2.45) is 17.8 Å². The van der Waals surface area contributed by atoms with E-state index >= 15 is 0 Å². The van der Waals surface area contributed by atoms with Gasteiger partial charge < -0.3 is 10.6 Å². The summed E-state index contributed by atoms with van der Waals surface area (Å²) in [5, 5.41) is 6.09. The van der Waals surface area contributed by atoms with Crippen LogP contribution in [0.1, 0.15) is 57.1 Å². The number of nitrogens with one attached hydrogen (secondary N) is 2. The molecule has 0 radical (unpaired) electrons. The highest BCUT2D eigenvalue weighted by Gasteiger charge is 2.29. The minimum Gasteiger partial charge on any atom is -0.356 e. The van der Waals surface area contributed by atoms with Gasteiger partial charge in [-0.1, -0.05) is 43.7 Å². The summed E-state index contributed by atoms with van der Waals surface area (Å²) in [7, 11) is 0. The average molecular weight is 344 g/mol. The van der Waals surface area contributed by atoms with Gasteiger partial charge in [0.25, 0.3) is 0 Å². The number of carbonyl (C=O) groups excluding carboxylic acids is 2. The lowest BCUT2D eigenvalue weighted by Crippen LogP contribution is -2.37. The van der Waals surface area contributed by atoms with E-state index in [0.29, 0.717) is 12.5 Å². The minimum atomic E-state index is 0.0459. The Morgan fingerprint density at radius 1 is 1.04 bits per heavy atom. The summed E-state index contributed by atoms with van der Waals surface area (Å²) in [5.74, 6) is 1.02. The molecule has 1 aliphatic carbocycles. The van der Waals surface area contributed by atoms with Crippen LogP contribution in [0, 0.1) is 24.7 Å². The number of amides is 2. The maximum atomic E-state index is 12.4. The van der Waals surface area contributed by atoms with Crippen molar-refractivity contribution >= 4 is 11.8 Å². The van der Waals surface area contributed by atoms with E-state index in [9.17, 15) is 9.59 Å². The van der Waals surface area contributed by atoms with Gasteiger partial charge in [0.05, 0.1) is 0 Å². The van der Waals surface area contributed by atoms with E-state index < -0.39 is 0 Å². The van der Waals surface area contributed by atoms with E-state index in [4.69, 9.17) is 0 Å². The minimum absolute atomic E-state index is 0.0459. The zero-order chi connectivity index (χ0) is 18.2. The van der Waals surface area contributed by atoms with Crippen LogP contribution < -0.4 is 10.6 Å². The molecule has 0 aromatic heterocycles. The van der Waals surface area contributed by atoms with Gasteiger partial charge in [0.2, 0.25) is 11.8 Å². The predicted octanol–water partition coefficient (Wildman–Crippen LogP) is 3.58. The fraction of sp³-hybridized carbons (Fsp3) is 0.619. The third kappa shape index (κ3) is 6.52. The van der Waals surface area contributed by atoms with Gasteiger partial charge in [-0.2, -0.15) is 0 Å². The van der Waals surface area contributed by atoms with Gasteiger partial charge in [-0.3, -0.25) is 9.59 Å². The van der Waals surface area contributed by atoms with Crippen LogP contribution in [0.25, 0.3) is 0 Å². The highest BCUT2D eigenvalue weighted by molar-refractivity contribution is 5.81. The molecular weight excluding hydrogens is 312 g/mol. The van der Waals surface area contributed by atoms with Crippen LogP contribution in [0.2, 0.25) is 0 Å². The quantitative estimate of drug-likeness (QED) is 0.794. The van der Waals surface area contributed by atoms with E-state index in [2.05, 4.69) is 43.5 Å². The Hall–Kier alpha value is -1.84. The number of benzene rings is 1. The van der Waals surface area contributed by atoms with E-state index in [-0.39, 0.29) is 23.7 Å². The topological polar surface area (TPSA) is 58.2 Å². The molecule has 0 unspecified atom stereocenters. The average Bonchev–Trinajstić information content (AvgIpc) is 2.59. The molecule has 1 aromatic rings. The van der Waals surface area contributed by atoms with E-state index in [1.807, 2.05) is 12.1 Å². The zero-order valence-electron chi connectivity index (χ0n) is 15.8.